The Bertz CT molecular complexity index is 545. The molecule has 2 N–H and O–H groups in total. The van der Waals surface area contributed by atoms with E-state index in [1.54, 1.807) is 17.1 Å². The van der Waals surface area contributed by atoms with Gasteiger partial charge in [0.15, 0.2) is 0 Å². The molecule has 2 aromatic heterocycles. The van der Waals surface area contributed by atoms with Gasteiger partial charge >= 0.3 is 0 Å². The van der Waals surface area contributed by atoms with E-state index in [0.717, 1.165) is 11.3 Å². The Kier molecular flexibility index (Phi) is 3.28. The highest BCUT2D eigenvalue weighted by molar-refractivity contribution is 9.10. The second-order valence-corrected chi connectivity index (χ2v) is 4.51. The van der Waals surface area contributed by atoms with Crippen LogP contribution in [0.4, 0.5) is 0 Å². The van der Waals surface area contributed by atoms with E-state index < -0.39 is 0 Å². The number of aryl methyl sites for hydroxylation is 1. The van der Waals surface area contributed by atoms with Crippen LogP contribution in [-0.4, -0.2) is 25.9 Å². The van der Waals surface area contributed by atoms with E-state index in [1.165, 1.54) is 0 Å². The highest BCUT2D eigenvalue weighted by Crippen LogP contribution is 2.12. The second kappa shape index (κ2) is 4.70. The number of carbonyl (C=O) groups excluding carboxylic acids is 1. The molecule has 7 heteroatoms. The number of rotatable bonds is 3. The van der Waals surface area contributed by atoms with Gasteiger partial charge < -0.3 is 5.32 Å². The van der Waals surface area contributed by atoms with Crippen LogP contribution in [0.5, 0.6) is 0 Å². The molecule has 0 aliphatic rings. The molecule has 2 rings (SSSR count). The molecular formula is C10H12BrN5O. The summed E-state index contributed by atoms with van der Waals surface area (Å²) in [5, 5.41) is 13.3. The van der Waals surface area contributed by atoms with Crippen molar-refractivity contribution in [1.29, 1.82) is 0 Å². The first kappa shape index (κ1) is 11.8. The minimum absolute atomic E-state index is 0.197. The van der Waals surface area contributed by atoms with E-state index in [-0.39, 0.29) is 5.91 Å². The van der Waals surface area contributed by atoms with Gasteiger partial charge in [-0.05, 0) is 22.9 Å². The Balaban J connectivity index is 2.02. The summed E-state index contributed by atoms with van der Waals surface area (Å²) in [6.45, 7) is 2.41. The summed E-state index contributed by atoms with van der Waals surface area (Å²) in [6.07, 6.45) is 3.29. The summed E-state index contributed by atoms with van der Waals surface area (Å²) < 4.78 is 2.42. The summed E-state index contributed by atoms with van der Waals surface area (Å²) in [7, 11) is 1.87. The highest BCUT2D eigenvalue weighted by atomic mass is 79.9. The van der Waals surface area contributed by atoms with Crippen LogP contribution in [0, 0.1) is 6.92 Å². The number of aromatic nitrogens is 4. The average molecular weight is 298 g/mol. The standard InChI is InChI=1S/C10H12BrN5O/c1-6-7(4-14-16(6)2)3-12-10(17)9-8(11)5-13-15-9/h4-5H,3H2,1-2H3,(H,12,17)(H,13,15). The Labute approximate surface area is 107 Å². The Hall–Kier alpha value is -1.63. The number of halogens is 1. The number of nitrogens with one attached hydrogen (secondary N) is 2. The summed E-state index contributed by atoms with van der Waals surface area (Å²) in [4.78, 5) is 11.8. The van der Waals surface area contributed by atoms with Crippen molar-refractivity contribution in [3.63, 3.8) is 0 Å². The predicted octanol–water partition coefficient (Wildman–Crippen LogP) is 1.14. The fourth-order valence-electron chi connectivity index (χ4n) is 1.41. The van der Waals surface area contributed by atoms with Gasteiger partial charge in [0, 0.05) is 24.8 Å². The van der Waals surface area contributed by atoms with Gasteiger partial charge in [0.1, 0.15) is 5.69 Å². The molecule has 0 aromatic carbocycles. The fourth-order valence-corrected chi connectivity index (χ4v) is 1.78. The zero-order valence-electron chi connectivity index (χ0n) is 9.49. The summed E-state index contributed by atoms with van der Waals surface area (Å²) >= 11 is 3.24. The summed E-state index contributed by atoms with van der Waals surface area (Å²) in [6, 6.07) is 0. The summed E-state index contributed by atoms with van der Waals surface area (Å²) in [5.74, 6) is -0.197. The van der Waals surface area contributed by atoms with E-state index >= 15 is 0 Å². The van der Waals surface area contributed by atoms with Gasteiger partial charge in [0.25, 0.3) is 5.91 Å². The molecule has 0 saturated carbocycles. The zero-order chi connectivity index (χ0) is 12.4. The van der Waals surface area contributed by atoms with E-state index in [1.807, 2.05) is 14.0 Å². The van der Waals surface area contributed by atoms with Crippen molar-refractivity contribution in [2.24, 2.45) is 7.05 Å². The molecular weight excluding hydrogens is 286 g/mol. The van der Waals surface area contributed by atoms with Crippen LogP contribution in [-0.2, 0) is 13.6 Å². The maximum atomic E-state index is 11.8. The van der Waals surface area contributed by atoms with Crippen LogP contribution in [0.3, 0.4) is 0 Å². The molecule has 90 valence electrons. The van der Waals surface area contributed by atoms with Crippen LogP contribution < -0.4 is 5.32 Å². The number of nitrogens with zero attached hydrogens (tertiary/aromatic N) is 3. The Morgan fingerprint density at radius 2 is 2.35 bits per heavy atom. The molecule has 2 heterocycles. The molecule has 0 aliphatic carbocycles. The molecule has 6 nitrogen and oxygen atoms in total. The molecule has 0 unspecified atom stereocenters. The molecule has 0 atom stereocenters. The molecule has 0 fully saturated rings. The molecule has 17 heavy (non-hydrogen) atoms. The first-order valence-corrected chi connectivity index (χ1v) is 5.83. The van der Waals surface area contributed by atoms with E-state index in [0.29, 0.717) is 16.7 Å². The quantitative estimate of drug-likeness (QED) is 0.892. The molecule has 0 radical (unpaired) electrons. The zero-order valence-corrected chi connectivity index (χ0v) is 11.1. The number of amides is 1. The van der Waals surface area contributed by atoms with Gasteiger partial charge in [-0.25, -0.2) is 0 Å². The Morgan fingerprint density at radius 3 is 2.88 bits per heavy atom. The highest BCUT2D eigenvalue weighted by Gasteiger charge is 2.12. The van der Waals surface area contributed by atoms with Gasteiger partial charge in [-0.15, -0.1) is 0 Å². The maximum Gasteiger partial charge on any atom is 0.270 e. The van der Waals surface area contributed by atoms with Gasteiger partial charge in [-0.2, -0.15) is 10.2 Å². The van der Waals surface area contributed by atoms with Crippen molar-refractivity contribution in [3.8, 4) is 0 Å². The number of aromatic amines is 1. The number of H-pyrrole nitrogens is 1. The maximum absolute atomic E-state index is 11.8. The van der Waals surface area contributed by atoms with Crippen LogP contribution >= 0.6 is 15.9 Å². The smallest absolute Gasteiger partial charge is 0.270 e. The molecule has 0 bridgehead atoms. The molecule has 2 aromatic rings. The van der Waals surface area contributed by atoms with Crippen LogP contribution in [0.1, 0.15) is 21.7 Å². The SMILES string of the molecule is Cc1c(CNC(=O)c2[nH]ncc2Br)cnn1C. The van der Waals surface area contributed by atoms with Crippen LogP contribution in [0.15, 0.2) is 16.9 Å². The first-order valence-electron chi connectivity index (χ1n) is 5.04. The van der Waals surface area contributed by atoms with E-state index in [9.17, 15) is 4.79 Å². The third kappa shape index (κ3) is 2.38. The lowest BCUT2D eigenvalue weighted by atomic mass is 10.2. The van der Waals surface area contributed by atoms with Crippen molar-refractivity contribution in [1.82, 2.24) is 25.3 Å². The third-order valence-corrected chi connectivity index (χ3v) is 3.20. The van der Waals surface area contributed by atoms with Crippen molar-refractivity contribution in [3.05, 3.63) is 33.8 Å². The van der Waals surface area contributed by atoms with Crippen LogP contribution in [0.2, 0.25) is 0 Å². The van der Waals surface area contributed by atoms with Gasteiger partial charge in [0.05, 0.1) is 16.9 Å². The molecule has 0 saturated heterocycles. The van der Waals surface area contributed by atoms with Crippen molar-refractivity contribution in [2.45, 2.75) is 13.5 Å². The van der Waals surface area contributed by atoms with Crippen molar-refractivity contribution in [2.75, 3.05) is 0 Å². The lowest BCUT2D eigenvalue weighted by Gasteiger charge is -2.03. The molecule has 0 aliphatic heterocycles. The van der Waals surface area contributed by atoms with Crippen LogP contribution in [0.25, 0.3) is 0 Å². The van der Waals surface area contributed by atoms with E-state index in [4.69, 9.17) is 0 Å². The van der Waals surface area contributed by atoms with Crippen molar-refractivity contribution >= 4 is 21.8 Å². The molecule has 0 spiro atoms. The van der Waals surface area contributed by atoms with Gasteiger partial charge in [-0.1, -0.05) is 0 Å². The number of hydrogen-bond donors (Lipinski definition) is 2. The monoisotopic (exact) mass is 297 g/mol. The number of hydrogen-bond acceptors (Lipinski definition) is 3. The lowest BCUT2D eigenvalue weighted by molar-refractivity contribution is 0.0945. The lowest BCUT2D eigenvalue weighted by Crippen LogP contribution is -2.23. The minimum atomic E-state index is -0.197. The number of carbonyl (C=O) groups is 1. The summed E-state index contributed by atoms with van der Waals surface area (Å²) in [5.41, 5.74) is 2.46. The Morgan fingerprint density at radius 1 is 1.59 bits per heavy atom. The average Bonchev–Trinajstić information content (AvgIpc) is 2.85. The van der Waals surface area contributed by atoms with Crippen molar-refractivity contribution < 1.29 is 4.79 Å². The minimum Gasteiger partial charge on any atom is -0.346 e. The van der Waals surface area contributed by atoms with Gasteiger partial charge in [0.2, 0.25) is 0 Å². The fraction of sp³-hybridized carbons (Fsp3) is 0.300. The first-order chi connectivity index (χ1) is 8.09. The van der Waals surface area contributed by atoms with E-state index in [2.05, 4.69) is 36.5 Å². The topological polar surface area (TPSA) is 75.6 Å². The predicted molar refractivity (Wildman–Crippen MR) is 65.4 cm³/mol. The molecule has 1 amide bonds. The second-order valence-electron chi connectivity index (χ2n) is 3.65. The largest absolute Gasteiger partial charge is 0.346 e. The third-order valence-electron chi connectivity index (χ3n) is 2.60. The normalized spacial score (nSPS) is 10.5. The van der Waals surface area contributed by atoms with Gasteiger partial charge in [-0.3, -0.25) is 14.6 Å².